The van der Waals surface area contributed by atoms with Gasteiger partial charge in [0.1, 0.15) is 0 Å². The maximum absolute atomic E-state index is 3.95. The second-order valence-electron chi connectivity index (χ2n) is 7.53. The third kappa shape index (κ3) is 2.86. The Bertz CT molecular complexity index is 424. The first-order chi connectivity index (χ1) is 9.03. The smallest absolute Gasteiger partial charge is 0.0151 e. The number of benzene rings is 1. The van der Waals surface area contributed by atoms with Gasteiger partial charge in [0.2, 0.25) is 0 Å². The van der Waals surface area contributed by atoms with Crippen molar-refractivity contribution in [1.29, 1.82) is 0 Å². The molecule has 2 unspecified atom stereocenters. The maximum atomic E-state index is 3.95. The summed E-state index contributed by atoms with van der Waals surface area (Å²) in [6.45, 7) is 7.27. The Morgan fingerprint density at radius 2 is 1.74 bits per heavy atom. The molecule has 0 saturated heterocycles. The molecule has 3 rings (SSSR count). The quantitative estimate of drug-likeness (QED) is 0.845. The van der Waals surface area contributed by atoms with Crippen LogP contribution in [0.5, 0.6) is 0 Å². The molecule has 104 valence electrons. The van der Waals surface area contributed by atoms with Gasteiger partial charge in [-0.3, -0.25) is 0 Å². The van der Waals surface area contributed by atoms with Crippen LogP contribution in [-0.4, -0.2) is 12.1 Å². The van der Waals surface area contributed by atoms with E-state index in [2.05, 4.69) is 50.4 Å². The lowest BCUT2D eigenvalue weighted by molar-refractivity contribution is 0.142. The molecule has 2 atom stereocenters. The van der Waals surface area contributed by atoms with Crippen molar-refractivity contribution in [2.45, 2.75) is 65.0 Å². The number of hydrogen-bond acceptors (Lipinski definition) is 1. The van der Waals surface area contributed by atoms with Crippen molar-refractivity contribution in [3.8, 4) is 0 Å². The molecule has 0 heterocycles. The monoisotopic (exact) mass is 257 g/mol. The molecule has 0 aliphatic heterocycles. The third-order valence-electron chi connectivity index (χ3n) is 5.19. The molecule has 1 nitrogen and oxygen atoms in total. The lowest BCUT2D eigenvalue weighted by atomic mass is 9.70. The molecule has 0 aromatic heterocycles. The first kappa shape index (κ1) is 13.2. The average Bonchev–Trinajstić information content (AvgIpc) is 2.74. The van der Waals surface area contributed by atoms with E-state index >= 15 is 0 Å². The normalized spacial score (nSPS) is 30.3. The third-order valence-corrected chi connectivity index (χ3v) is 5.19. The van der Waals surface area contributed by atoms with Crippen molar-refractivity contribution < 1.29 is 0 Å². The van der Waals surface area contributed by atoms with E-state index in [0.29, 0.717) is 11.5 Å². The van der Waals surface area contributed by atoms with Crippen LogP contribution in [-0.2, 0) is 12.8 Å². The fraction of sp³-hybridized carbons (Fsp3) is 0.667. The van der Waals surface area contributed by atoms with E-state index in [-0.39, 0.29) is 0 Å². The van der Waals surface area contributed by atoms with Crippen LogP contribution < -0.4 is 5.32 Å². The minimum Gasteiger partial charge on any atom is -0.310 e. The summed E-state index contributed by atoms with van der Waals surface area (Å²) in [6.07, 6.45) is 6.53. The summed E-state index contributed by atoms with van der Waals surface area (Å²) >= 11 is 0. The van der Waals surface area contributed by atoms with Crippen molar-refractivity contribution in [2.75, 3.05) is 0 Å². The molecular weight excluding hydrogens is 230 g/mol. The number of nitrogens with one attached hydrogen (secondary N) is 1. The predicted molar refractivity (Wildman–Crippen MR) is 81.4 cm³/mol. The summed E-state index contributed by atoms with van der Waals surface area (Å²) in [7, 11) is 0. The maximum Gasteiger partial charge on any atom is 0.0151 e. The number of rotatable bonds is 2. The first-order valence-electron chi connectivity index (χ1n) is 7.86. The van der Waals surface area contributed by atoms with Gasteiger partial charge in [-0.05, 0) is 54.6 Å². The summed E-state index contributed by atoms with van der Waals surface area (Å²) in [5.41, 5.74) is 3.67. The zero-order valence-electron chi connectivity index (χ0n) is 12.6. The van der Waals surface area contributed by atoms with E-state index in [0.717, 1.165) is 12.0 Å². The Morgan fingerprint density at radius 1 is 1.11 bits per heavy atom. The zero-order chi connectivity index (χ0) is 13.5. The molecule has 2 aliphatic rings. The Balaban J connectivity index is 1.59. The predicted octanol–water partition coefficient (Wildman–Crippen LogP) is 3.96. The first-order valence-corrected chi connectivity index (χ1v) is 7.86. The van der Waals surface area contributed by atoms with E-state index in [1.165, 1.54) is 32.1 Å². The van der Waals surface area contributed by atoms with Gasteiger partial charge in [-0.2, -0.15) is 0 Å². The molecular formula is C18H27N. The van der Waals surface area contributed by atoms with Gasteiger partial charge in [-0.15, -0.1) is 0 Å². The van der Waals surface area contributed by atoms with Crippen LogP contribution in [0.15, 0.2) is 24.3 Å². The van der Waals surface area contributed by atoms with Crippen LogP contribution in [0.3, 0.4) is 0 Å². The number of hydrogen-bond donors (Lipinski definition) is 1. The fourth-order valence-electron chi connectivity index (χ4n) is 4.17. The Morgan fingerprint density at radius 3 is 2.32 bits per heavy atom. The van der Waals surface area contributed by atoms with Gasteiger partial charge in [-0.1, -0.05) is 45.0 Å². The minimum absolute atomic E-state index is 0.552. The van der Waals surface area contributed by atoms with Crippen molar-refractivity contribution >= 4 is 0 Å². The SMILES string of the molecule is CC1CC(C)(C)CCC1NC1Cc2ccccc2C1. The number of fused-ring (bicyclic) bond motifs is 1. The van der Waals surface area contributed by atoms with Crippen molar-refractivity contribution in [3.63, 3.8) is 0 Å². The van der Waals surface area contributed by atoms with Crippen molar-refractivity contribution in [1.82, 2.24) is 5.32 Å². The summed E-state index contributed by atoms with van der Waals surface area (Å²) in [5, 5.41) is 3.95. The molecule has 1 heteroatoms. The van der Waals surface area contributed by atoms with Gasteiger partial charge in [0, 0.05) is 12.1 Å². The van der Waals surface area contributed by atoms with Crippen LogP contribution >= 0.6 is 0 Å². The topological polar surface area (TPSA) is 12.0 Å². The van der Waals surface area contributed by atoms with E-state index in [1.807, 2.05) is 0 Å². The second-order valence-corrected chi connectivity index (χ2v) is 7.53. The summed E-state index contributed by atoms with van der Waals surface area (Å²) in [5.74, 6) is 0.812. The van der Waals surface area contributed by atoms with Crippen LogP contribution in [0.4, 0.5) is 0 Å². The van der Waals surface area contributed by atoms with Gasteiger partial charge in [0.15, 0.2) is 0 Å². The highest BCUT2D eigenvalue weighted by atomic mass is 15.0. The van der Waals surface area contributed by atoms with Crippen LogP contribution in [0.25, 0.3) is 0 Å². The highest BCUT2D eigenvalue weighted by Gasteiger charge is 2.34. The summed E-state index contributed by atoms with van der Waals surface area (Å²) in [4.78, 5) is 0. The average molecular weight is 257 g/mol. The van der Waals surface area contributed by atoms with E-state index in [9.17, 15) is 0 Å². The molecule has 0 amide bonds. The van der Waals surface area contributed by atoms with E-state index in [1.54, 1.807) is 11.1 Å². The largest absolute Gasteiger partial charge is 0.310 e. The highest BCUT2D eigenvalue weighted by Crippen LogP contribution is 2.39. The second kappa shape index (κ2) is 4.94. The molecule has 1 fully saturated rings. The minimum atomic E-state index is 0.552. The Labute approximate surface area is 117 Å². The summed E-state index contributed by atoms with van der Waals surface area (Å²) < 4.78 is 0. The van der Waals surface area contributed by atoms with Gasteiger partial charge >= 0.3 is 0 Å². The van der Waals surface area contributed by atoms with Crippen molar-refractivity contribution in [3.05, 3.63) is 35.4 Å². The van der Waals surface area contributed by atoms with E-state index < -0.39 is 0 Å². The molecule has 0 bridgehead atoms. The van der Waals surface area contributed by atoms with Gasteiger partial charge < -0.3 is 5.32 Å². The molecule has 1 N–H and O–H groups in total. The van der Waals surface area contributed by atoms with Crippen LogP contribution in [0.1, 0.15) is 51.2 Å². The lowest BCUT2D eigenvalue weighted by Crippen LogP contribution is -2.46. The van der Waals surface area contributed by atoms with Crippen LogP contribution in [0, 0.1) is 11.3 Å². The Kier molecular flexibility index (Phi) is 3.42. The Hall–Kier alpha value is -0.820. The van der Waals surface area contributed by atoms with Gasteiger partial charge in [0.05, 0.1) is 0 Å². The standard InChI is InChI=1S/C18H27N/c1-13-12-18(2,3)9-8-17(13)19-16-10-14-6-4-5-7-15(14)11-16/h4-7,13,16-17,19H,8-12H2,1-3H3. The van der Waals surface area contributed by atoms with Gasteiger partial charge in [0.25, 0.3) is 0 Å². The molecule has 1 saturated carbocycles. The lowest BCUT2D eigenvalue weighted by Gasteiger charge is -2.40. The molecule has 1 aromatic rings. The van der Waals surface area contributed by atoms with Crippen LogP contribution in [0.2, 0.25) is 0 Å². The molecule has 19 heavy (non-hydrogen) atoms. The highest BCUT2D eigenvalue weighted by molar-refractivity contribution is 5.33. The molecule has 1 aromatic carbocycles. The molecule has 2 aliphatic carbocycles. The fourth-order valence-corrected chi connectivity index (χ4v) is 4.17. The summed E-state index contributed by atoms with van der Waals surface area (Å²) in [6, 6.07) is 10.3. The van der Waals surface area contributed by atoms with Gasteiger partial charge in [-0.25, -0.2) is 0 Å². The molecule has 0 radical (unpaired) electrons. The zero-order valence-corrected chi connectivity index (χ0v) is 12.6. The van der Waals surface area contributed by atoms with Crippen molar-refractivity contribution in [2.24, 2.45) is 11.3 Å². The molecule has 0 spiro atoms. The van der Waals surface area contributed by atoms with E-state index in [4.69, 9.17) is 0 Å².